The van der Waals surface area contributed by atoms with Crippen molar-refractivity contribution < 1.29 is 9.59 Å². The van der Waals surface area contributed by atoms with Gasteiger partial charge in [-0.25, -0.2) is 4.98 Å². The molecule has 1 aromatic carbocycles. The average Bonchev–Trinajstić information content (AvgIpc) is 3.11. The van der Waals surface area contributed by atoms with Gasteiger partial charge in [-0.1, -0.05) is 57.0 Å². The Morgan fingerprint density at radius 3 is 2.87 bits per heavy atom. The SMILES string of the molecule is O=C(CSc1nc(C(=O)CBr)cs1)NC1CCCN(Cc2ccc(Cl)c(Cl)c2)CC1. The number of benzene rings is 1. The second-order valence-electron chi connectivity index (χ2n) is 7.06. The van der Waals surface area contributed by atoms with Gasteiger partial charge in [-0.2, -0.15) is 0 Å². The molecule has 0 bridgehead atoms. The Labute approximate surface area is 203 Å². The van der Waals surface area contributed by atoms with Crippen LogP contribution in [0.25, 0.3) is 0 Å². The maximum absolute atomic E-state index is 12.4. The summed E-state index contributed by atoms with van der Waals surface area (Å²) in [5.41, 5.74) is 1.59. The number of aromatic nitrogens is 1. The van der Waals surface area contributed by atoms with E-state index >= 15 is 0 Å². The first-order valence-electron chi connectivity index (χ1n) is 9.57. The first-order valence-corrected chi connectivity index (χ1v) is 13.3. The predicted octanol–water partition coefficient (Wildman–Crippen LogP) is 5.29. The molecule has 5 nitrogen and oxygen atoms in total. The molecule has 1 N–H and O–H groups in total. The molecule has 1 saturated heterocycles. The fourth-order valence-corrected chi connectivity index (χ4v) is 5.52. The second kappa shape index (κ2) is 11.8. The van der Waals surface area contributed by atoms with Gasteiger partial charge in [0.25, 0.3) is 0 Å². The van der Waals surface area contributed by atoms with E-state index in [1.54, 1.807) is 5.38 Å². The minimum atomic E-state index is -0.0496. The molecule has 10 heteroatoms. The number of carbonyl (C=O) groups excluding carboxylic acids is 2. The van der Waals surface area contributed by atoms with E-state index in [4.69, 9.17) is 23.2 Å². The van der Waals surface area contributed by atoms with Crippen molar-refractivity contribution in [3.63, 3.8) is 0 Å². The van der Waals surface area contributed by atoms with Crippen molar-refractivity contribution in [3.8, 4) is 0 Å². The van der Waals surface area contributed by atoms with Crippen LogP contribution >= 0.6 is 62.2 Å². The zero-order valence-electron chi connectivity index (χ0n) is 16.2. The van der Waals surface area contributed by atoms with Crippen molar-refractivity contribution in [2.24, 2.45) is 0 Å². The number of rotatable bonds is 8. The Morgan fingerprint density at radius 1 is 1.27 bits per heavy atom. The number of ketones is 1. The van der Waals surface area contributed by atoms with Gasteiger partial charge in [0.2, 0.25) is 5.91 Å². The largest absolute Gasteiger partial charge is 0.353 e. The number of hydrogen-bond acceptors (Lipinski definition) is 6. The maximum Gasteiger partial charge on any atom is 0.230 e. The van der Waals surface area contributed by atoms with Crippen LogP contribution in [0.15, 0.2) is 27.9 Å². The van der Waals surface area contributed by atoms with Gasteiger partial charge in [0, 0.05) is 24.5 Å². The van der Waals surface area contributed by atoms with Crippen LogP contribution in [0.3, 0.4) is 0 Å². The minimum absolute atomic E-state index is 0.00602. The molecule has 0 spiro atoms. The maximum atomic E-state index is 12.4. The number of nitrogens with zero attached hydrogens (tertiary/aromatic N) is 2. The van der Waals surface area contributed by atoms with Gasteiger partial charge < -0.3 is 5.32 Å². The molecular weight excluding hydrogens is 529 g/mol. The van der Waals surface area contributed by atoms with Gasteiger partial charge in [0.05, 0.1) is 21.1 Å². The number of amides is 1. The van der Waals surface area contributed by atoms with E-state index in [2.05, 4.69) is 31.1 Å². The summed E-state index contributed by atoms with van der Waals surface area (Å²) in [5.74, 6) is 0.261. The summed E-state index contributed by atoms with van der Waals surface area (Å²) in [6, 6.07) is 5.93. The molecule has 2 heterocycles. The van der Waals surface area contributed by atoms with Crippen LogP contribution in [0.4, 0.5) is 0 Å². The molecule has 3 rings (SSSR count). The third-order valence-corrected chi connectivity index (χ3v) is 8.06. The minimum Gasteiger partial charge on any atom is -0.353 e. The summed E-state index contributed by atoms with van der Waals surface area (Å²) in [6.07, 6.45) is 2.91. The number of alkyl halides is 1. The average molecular weight is 551 g/mol. The highest BCUT2D eigenvalue weighted by atomic mass is 79.9. The standard InChI is InChI=1S/C20H22BrCl2N3O2S2/c21-9-18(27)17-11-29-20(25-17)30-12-19(28)24-14-2-1-6-26(7-5-14)10-13-3-4-15(22)16(23)8-13/h3-4,8,11,14H,1-2,5-7,9-10,12H2,(H,24,28). The van der Waals surface area contributed by atoms with Crippen LogP contribution in [0.5, 0.6) is 0 Å². The predicted molar refractivity (Wildman–Crippen MR) is 128 cm³/mol. The fraction of sp³-hybridized carbons (Fsp3) is 0.450. The first kappa shape index (κ1) is 24.0. The molecule has 1 unspecified atom stereocenters. The highest BCUT2D eigenvalue weighted by Crippen LogP contribution is 2.25. The molecule has 1 amide bonds. The smallest absolute Gasteiger partial charge is 0.230 e. The number of nitrogens with one attached hydrogen (secondary N) is 1. The summed E-state index contributed by atoms with van der Waals surface area (Å²) in [4.78, 5) is 30.7. The van der Waals surface area contributed by atoms with E-state index in [9.17, 15) is 9.59 Å². The molecule has 1 atom stereocenters. The molecule has 1 aliphatic heterocycles. The summed E-state index contributed by atoms with van der Waals surface area (Å²) in [7, 11) is 0. The Morgan fingerprint density at radius 2 is 2.10 bits per heavy atom. The lowest BCUT2D eigenvalue weighted by Gasteiger charge is -2.20. The zero-order valence-corrected chi connectivity index (χ0v) is 20.9. The summed E-state index contributed by atoms with van der Waals surface area (Å²) >= 11 is 18.0. The molecule has 1 aromatic heterocycles. The Hall–Kier alpha value is -0.640. The summed E-state index contributed by atoms with van der Waals surface area (Å²) in [5, 5.41) is 6.29. The number of carbonyl (C=O) groups is 2. The summed E-state index contributed by atoms with van der Waals surface area (Å²) in [6.45, 7) is 2.74. The molecule has 0 radical (unpaired) electrons. The number of Topliss-reactive ketones (excluding diaryl/α,β-unsaturated/α-hetero) is 1. The monoisotopic (exact) mass is 549 g/mol. The lowest BCUT2D eigenvalue weighted by Crippen LogP contribution is -2.36. The number of hydrogen-bond donors (Lipinski definition) is 1. The van der Waals surface area contributed by atoms with E-state index < -0.39 is 0 Å². The molecule has 0 saturated carbocycles. The molecular formula is C20H22BrCl2N3O2S2. The number of likely N-dealkylation sites (tertiary alicyclic amines) is 1. The van der Waals surface area contributed by atoms with E-state index in [1.807, 2.05) is 18.2 Å². The van der Waals surface area contributed by atoms with Gasteiger partial charge in [-0.3, -0.25) is 14.5 Å². The number of thioether (sulfide) groups is 1. The molecule has 1 aliphatic rings. The van der Waals surface area contributed by atoms with Crippen LogP contribution in [0.1, 0.15) is 35.3 Å². The van der Waals surface area contributed by atoms with E-state index in [1.165, 1.54) is 23.1 Å². The van der Waals surface area contributed by atoms with Crippen molar-refractivity contribution in [2.75, 3.05) is 24.2 Å². The van der Waals surface area contributed by atoms with Crippen LogP contribution in [0, 0.1) is 0 Å². The Balaban J connectivity index is 1.42. The number of halogens is 3. The molecule has 30 heavy (non-hydrogen) atoms. The second-order valence-corrected chi connectivity index (χ2v) is 10.5. The molecule has 162 valence electrons. The Bertz CT molecular complexity index is 897. The fourth-order valence-electron chi connectivity index (χ4n) is 3.27. The lowest BCUT2D eigenvalue weighted by molar-refractivity contribution is -0.119. The molecule has 1 fully saturated rings. The van der Waals surface area contributed by atoms with E-state index in [0.29, 0.717) is 21.5 Å². The van der Waals surface area contributed by atoms with Crippen molar-refractivity contribution >= 4 is 73.9 Å². The van der Waals surface area contributed by atoms with Gasteiger partial charge in [0.1, 0.15) is 5.69 Å². The third kappa shape index (κ3) is 7.21. The van der Waals surface area contributed by atoms with Gasteiger partial charge in [-0.05, 0) is 43.5 Å². The van der Waals surface area contributed by atoms with Crippen molar-refractivity contribution in [1.82, 2.24) is 15.2 Å². The van der Waals surface area contributed by atoms with Gasteiger partial charge >= 0.3 is 0 Å². The van der Waals surface area contributed by atoms with Crippen LogP contribution in [0.2, 0.25) is 10.0 Å². The highest BCUT2D eigenvalue weighted by Gasteiger charge is 2.19. The van der Waals surface area contributed by atoms with Crippen molar-refractivity contribution in [1.29, 1.82) is 0 Å². The van der Waals surface area contributed by atoms with E-state index in [-0.39, 0.29) is 23.1 Å². The van der Waals surface area contributed by atoms with Crippen molar-refractivity contribution in [3.05, 3.63) is 44.9 Å². The normalized spacial score (nSPS) is 17.5. The highest BCUT2D eigenvalue weighted by molar-refractivity contribution is 9.09. The van der Waals surface area contributed by atoms with Crippen molar-refractivity contribution in [2.45, 2.75) is 36.2 Å². The number of thiazole rings is 1. The lowest BCUT2D eigenvalue weighted by atomic mass is 10.1. The van der Waals surface area contributed by atoms with Crippen LogP contribution < -0.4 is 5.32 Å². The third-order valence-electron chi connectivity index (χ3n) is 4.79. The van der Waals surface area contributed by atoms with E-state index in [0.717, 1.165) is 48.8 Å². The first-order chi connectivity index (χ1) is 14.4. The topological polar surface area (TPSA) is 62.3 Å². The Kier molecular flexibility index (Phi) is 9.47. The van der Waals surface area contributed by atoms with Crippen LogP contribution in [-0.2, 0) is 11.3 Å². The van der Waals surface area contributed by atoms with Gasteiger partial charge in [-0.15, -0.1) is 11.3 Å². The van der Waals surface area contributed by atoms with Crippen LogP contribution in [-0.4, -0.2) is 51.8 Å². The quantitative estimate of drug-likeness (QED) is 0.275. The molecule has 0 aliphatic carbocycles. The zero-order chi connectivity index (χ0) is 21.5. The molecule has 2 aromatic rings. The van der Waals surface area contributed by atoms with Gasteiger partial charge in [0.15, 0.2) is 10.1 Å². The summed E-state index contributed by atoms with van der Waals surface area (Å²) < 4.78 is 0.739.